The van der Waals surface area contributed by atoms with Crippen LogP contribution < -0.4 is 0 Å². The smallest absolute Gasteiger partial charge is 0.123 e. The minimum atomic E-state index is -0.415. The fourth-order valence-corrected chi connectivity index (χ4v) is 0.981. The van der Waals surface area contributed by atoms with Gasteiger partial charge in [0.25, 0.3) is 0 Å². The van der Waals surface area contributed by atoms with Crippen LogP contribution in [-0.4, -0.2) is 7.11 Å². The molecule has 0 aliphatic heterocycles. The summed E-state index contributed by atoms with van der Waals surface area (Å²) in [4.78, 5) is 0. The molecule has 1 nitrogen and oxygen atoms in total. The first-order chi connectivity index (χ1) is 5.56. The summed E-state index contributed by atoms with van der Waals surface area (Å²) >= 11 is 0. The van der Waals surface area contributed by atoms with Gasteiger partial charge in [-0.1, -0.05) is 12.1 Å². The molecule has 12 heavy (non-hydrogen) atoms. The monoisotopic (exact) mass is 168 g/mol. The summed E-state index contributed by atoms with van der Waals surface area (Å²) in [5.41, 5.74) is 0.437. The van der Waals surface area contributed by atoms with Crippen LogP contribution in [0.5, 0.6) is 0 Å². The van der Waals surface area contributed by atoms with Crippen molar-refractivity contribution >= 4 is 0 Å². The summed E-state index contributed by atoms with van der Waals surface area (Å²) in [6, 6.07) is 6.46. The number of methoxy groups -OCH3 is 1. The van der Waals surface area contributed by atoms with Crippen molar-refractivity contribution in [3.05, 3.63) is 35.6 Å². The number of hydrogen-bond donors (Lipinski definition) is 0. The van der Waals surface area contributed by atoms with Crippen molar-refractivity contribution in [2.45, 2.75) is 19.4 Å². The molecule has 0 aromatic heterocycles. The average molecular weight is 168 g/mol. The van der Waals surface area contributed by atoms with Gasteiger partial charge in [-0.25, -0.2) is 4.39 Å². The van der Waals surface area contributed by atoms with Gasteiger partial charge in [0, 0.05) is 7.11 Å². The zero-order chi connectivity index (χ0) is 9.19. The van der Waals surface area contributed by atoms with E-state index in [1.807, 2.05) is 19.9 Å². The summed E-state index contributed by atoms with van der Waals surface area (Å²) in [5, 5.41) is 0. The van der Waals surface area contributed by atoms with Crippen molar-refractivity contribution < 1.29 is 9.13 Å². The Kier molecular flexibility index (Phi) is 2.48. The van der Waals surface area contributed by atoms with E-state index < -0.39 is 5.60 Å². The van der Waals surface area contributed by atoms with Crippen LogP contribution in [0.4, 0.5) is 4.39 Å². The Morgan fingerprint density at radius 1 is 1.33 bits per heavy atom. The van der Waals surface area contributed by atoms with E-state index in [9.17, 15) is 4.39 Å². The average Bonchev–Trinajstić information content (AvgIpc) is 2.05. The number of hydrogen-bond acceptors (Lipinski definition) is 1. The zero-order valence-electron chi connectivity index (χ0n) is 7.60. The van der Waals surface area contributed by atoms with Crippen molar-refractivity contribution in [2.24, 2.45) is 0 Å². The maximum atomic E-state index is 12.8. The molecule has 2 heteroatoms. The van der Waals surface area contributed by atoms with Crippen LogP contribution in [0.25, 0.3) is 0 Å². The lowest BCUT2D eigenvalue weighted by Crippen LogP contribution is -2.19. The third kappa shape index (κ3) is 1.83. The van der Waals surface area contributed by atoms with E-state index in [1.54, 1.807) is 13.2 Å². The third-order valence-electron chi connectivity index (χ3n) is 2.03. The zero-order valence-corrected chi connectivity index (χ0v) is 7.60. The largest absolute Gasteiger partial charge is 0.374 e. The summed E-state index contributed by atoms with van der Waals surface area (Å²) in [6.45, 7) is 3.81. The van der Waals surface area contributed by atoms with Gasteiger partial charge in [0.1, 0.15) is 5.82 Å². The maximum Gasteiger partial charge on any atom is 0.123 e. The molecule has 1 aromatic carbocycles. The number of ether oxygens (including phenoxy) is 1. The van der Waals surface area contributed by atoms with E-state index in [0.717, 1.165) is 5.56 Å². The first-order valence-electron chi connectivity index (χ1n) is 3.87. The van der Waals surface area contributed by atoms with E-state index in [-0.39, 0.29) is 5.82 Å². The second-order valence-corrected chi connectivity index (χ2v) is 3.22. The first kappa shape index (κ1) is 9.20. The van der Waals surface area contributed by atoms with Crippen molar-refractivity contribution in [1.29, 1.82) is 0 Å². The van der Waals surface area contributed by atoms with Gasteiger partial charge < -0.3 is 4.74 Å². The number of halogens is 1. The lowest BCUT2D eigenvalue weighted by molar-refractivity contribution is 0.0190. The molecule has 0 saturated heterocycles. The highest BCUT2D eigenvalue weighted by atomic mass is 19.1. The number of benzene rings is 1. The molecular weight excluding hydrogens is 155 g/mol. The Labute approximate surface area is 72.2 Å². The van der Waals surface area contributed by atoms with Crippen LogP contribution in [0.1, 0.15) is 19.4 Å². The Morgan fingerprint density at radius 2 is 2.00 bits per heavy atom. The minimum Gasteiger partial charge on any atom is -0.374 e. The molecule has 0 bridgehead atoms. The second-order valence-electron chi connectivity index (χ2n) is 3.22. The van der Waals surface area contributed by atoms with Crippen molar-refractivity contribution in [3.63, 3.8) is 0 Å². The van der Waals surface area contributed by atoms with Gasteiger partial charge in [-0.15, -0.1) is 0 Å². The molecule has 0 unspecified atom stereocenters. The van der Waals surface area contributed by atoms with Crippen molar-refractivity contribution in [1.82, 2.24) is 0 Å². The topological polar surface area (TPSA) is 9.23 Å². The SMILES string of the molecule is COC(C)(C)c1cccc(F)c1. The van der Waals surface area contributed by atoms with Crippen molar-refractivity contribution in [2.75, 3.05) is 7.11 Å². The molecule has 1 aromatic rings. The predicted octanol–water partition coefficient (Wildman–Crippen LogP) is 2.71. The molecule has 66 valence electrons. The van der Waals surface area contributed by atoms with Gasteiger partial charge in [0.2, 0.25) is 0 Å². The highest BCUT2D eigenvalue weighted by molar-refractivity contribution is 5.21. The van der Waals surface area contributed by atoms with Gasteiger partial charge in [0.15, 0.2) is 0 Å². The summed E-state index contributed by atoms with van der Waals surface area (Å²) in [7, 11) is 1.62. The number of rotatable bonds is 2. The second kappa shape index (κ2) is 3.23. The lowest BCUT2D eigenvalue weighted by atomic mass is 9.98. The van der Waals surface area contributed by atoms with E-state index in [1.165, 1.54) is 12.1 Å². The molecule has 0 aliphatic rings. The summed E-state index contributed by atoms with van der Waals surface area (Å²) < 4.78 is 18.0. The van der Waals surface area contributed by atoms with Gasteiger partial charge in [-0.3, -0.25) is 0 Å². The van der Waals surface area contributed by atoms with E-state index in [0.29, 0.717) is 0 Å². The quantitative estimate of drug-likeness (QED) is 0.659. The van der Waals surface area contributed by atoms with Crippen LogP contribution in [-0.2, 0) is 10.3 Å². The fourth-order valence-electron chi connectivity index (χ4n) is 0.981. The van der Waals surface area contributed by atoms with E-state index in [2.05, 4.69) is 0 Å². The maximum absolute atomic E-state index is 12.8. The normalized spacial score (nSPS) is 11.7. The molecule has 0 heterocycles. The van der Waals surface area contributed by atoms with Crippen LogP contribution in [0.15, 0.2) is 24.3 Å². The molecule has 0 atom stereocenters. The molecule has 0 spiro atoms. The predicted molar refractivity (Wildman–Crippen MR) is 46.4 cm³/mol. The van der Waals surface area contributed by atoms with Gasteiger partial charge >= 0.3 is 0 Å². The van der Waals surface area contributed by atoms with Crippen LogP contribution in [0, 0.1) is 5.82 Å². The van der Waals surface area contributed by atoms with Crippen LogP contribution in [0.2, 0.25) is 0 Å². The fraction of sp³-hybridized carbons (Fsp3) is 0.400. The van der Waals surface area contributed by atoms with Gasteiger partial charge in [0.05, 0.1) is 5.60 Å². The Morgan fingerprint density at radius 3 is 2.50 bits per heavy atom. The molecule has 0 saturated carbocycles. The molecule has 0 aliphatic carbocycles. The van der Waals surface area contributed by atoms with Crippen LogP contribution in [0.3, 0.4) is 0 Å². The highest BCUT2D eigenvalue weighted by Crippen LogP contribution is 2.23. The highest BCUT2D eigenvalue weighted by Gasteiger charge is 2.19. The lowest BCUT2D eigenvalue weighted by Gasteiger charge is -2.23. The Hall–Kier alpha value is -0.890. The van der Waals surface area contributed by atoms with Crippen molar-refractivity contribution in [3.8, 4) is 0 Å². The Balaban J connectivity index is 3.03. The first-order valence-corrected chi connectivity index (χ1v) is 3.87. The molecule has 0 amide bonds. The van der Waals surface area contributed by atoms with Gasteiger partial charge in [-0.05, 0) is 31.5 Å². The van der Waals surface area contributed by atoms with E-state index >= 15 is 0 Å². The summed E-state index contributed by atoms with van der Waals surface area (Å²) in [6.07, 6.45) is 0. The third-order valence-corrected chi connectivity index (χ3v) is 2.03. The van der Waals surface area contributed by atoms with Gasteiger partial charge in [-0.2, -0.15) is 0 Å². The molecule has 0 fully saturated rings. The molecule has 0 N–H and O–H groups in total. The van der Waals surface area contributed by atoms with E-state index in [4.69, 9.17) is 4.74 Å². The molecule has 1 rings (SSSR count). The summed E-state index contributed by atoms with van der Waals surface area (Å²) in [5.74, 6) is -0.224. The molecular formula is C10H13FO. The standard InChI is InChI=1S/C10H13FO/c1-10(2,12-3)8-5-4-6-9(11)7-8/h4-7H,1-3H3. The minimum absolute atomic E-state index is 0.224. The molecule has 0 radical (unpaired) electrons. The van der Waals surface area contributed by atoms with Crippen LogP contribution >= 0.6 is 0 Å². The Bertz CT molecular complexity index is 268.